The monoisotopic (exact) mass is 1110 g/mol. The quantitative estimate of drug-likeness (QED) is 0.0261. The molecule has 0 saturated carbocycles. The molecule has 6 nitrogen and oxygen atoms in total. The Bertz CT molecular complexity index is 1700. The maximum absolute atomic E-state index is 12.9. The zero-order valence-electron chi connectivity index (χ0n) is 52.0. The molecular formula is C74H122O6. The fraction of sp³-hybridized carbons (Fsp3) is 0.662. The summed E-state index contributed by atoms with van der Waals surface area (Å²) in [6, 6.07) is 0. The molecule has 0 aromatic heterocycles. The van der Waals surface area contributed by atoms with Gasteiger partial charge >= 0.3 is 17.9 Å². The molecule has 1 atom stereocenters. The average Bonchev–Trinajstić information content (AvgIpc) is 3.46. The van der Waals surface area contributed by atoms with Crippen LogP contribution in [0.5, 0.6) is 0 Å². The van der Waals surface area contributed by atoms with Crippen LogP contribution in [0, 0.1) is 0 Å². The van der Waals surface area contributed by atoms with E-state index in [9.17, 15) is 14.4 Å². The molecule has 0 aliphatic rings. The maximum Gasteiger partial charge on any atom is 0.306 e. The first-order chi connectivity index (χ1) is 39.5. The second kappa shape index (κ2) is 67.1. The average molecular weight is 1110 g/mol. The minimum Gasteiger partial charge on any atom is -0.462 e. The van der Waals surface area contributed by atoms with Gasteiger partial charge in [-0.15, -0.1) is 0 Å². The van der Waals surface area contributed by atoms with E-state index in [0.29, 0.717) is 19.3 Å². The lowest BCUT2D eigenvalue weighted by Crippen LogP contribution is -2.30. The van der Waals surface area contributed by atoms with Crippen molar-refractivity contribution >= 4 is 17.9 Å². The van der Waals surface area contributed by atoms with Crippen molar-refractivity contribution in [1.82, 2.24) is 0 Å². The molecule has 0 aromatic rings. The van der Waals surface area contributed by atoms with E-state index in [1.54, 1.807) is 0 Å². The van der Waals surface area contributed by atoms with Crippen molar-refractivity contribution in [3.05, 3.63) is 134 Å². The predicted octanol–water partition coefficient (Wildman–Crippen LogP) is 22.9. The Morgan fingerprint density at radius 2 is 0.500 bits per heavy atom. The van der Waals surface area contributed by atoms with Crippen molar-refractivity contribution < 1.29 is 28.6 Å². The van der Waals surface area contributed by atoms with E-state index < -0.39 is 6.10 Å². The third-order valence-electron chi connectivity index (χ3n) is 13.9. The normalized spacial score (nSPS) is 13.0. The van der Waals surface area contributed by atoms with Gasteiger partial charge in [-0.05, 0) is 135 Å². The van der Waals surface area contributed by atoms with E-state index in [4.69, 9.17) is 14.2 Å². The largest absolute Gasteiger partial charge is 0.462 e. The van der Waals surface area contributed by atoms with Gasteiger partial charge in [-0.25, -0.2) is 0 Å². The maximum atomic E-state index is 12.9. The number of hydrogen-bond acceptors (Lipinski definition) is 6. The smallest absolute Gasteiger partial charge is 0.306 e. The summed E-state index contributed by atoms with van der Waals surface area (Å²) in [7, 11) is 0. The van der Waals surface area contributed by atoms with Crippen molar-refractivity contribution in [1.29, 1.82) is 0 Å². The van der Waals surface area contributed by atoms with Crippen molar-refractivity contribution in [2.45, 2.75) is 303 Å². The second-order valence-corrected chi connectivity index (χ2v) is 21.6. The van der Waals surface area contributed by atoms with E-state index in [1.165, 1.54) is 135 Å². The van der Waals surface area contributed by atoms with Crippen molar-refractivity contribution in [3.63, 3.8) is 0 Å². The van der Waals surface area contributed by atoms with Gasteiger partial charge in [-0.2, -0.15) is 0 Å². The van der Waals surface area contributed by atoms with Gasteiger partial charge < -0.3 is 14.2 Å². The third kappa shape index (κ3) is 64.4. The fourth-order valence-corrected chi connectivity index (χ4v) is 8.90. The summed E-state index contributed by atoms with van der Waals surface area (Å²) in [5.41, 5.74) is 0. The Morgan fingerprint density at radius 1 is 0.263 bits per heavy atom. The van der Waals surface area contributed by atoms with Crippen LogP contribution in [0.3, 0.4) is 0 Å². The highest BCUT2D eigenvalue weighted by molar-refractivity contribution is 5.71. The van der Waals surface area contributed by atoms with Gasteiger partial charge in [0.05, 0.1) is 0 Å². The van der Waals surface area contributed by atoms with Crippen LogP contribution >= 0.6 is 0 Å². The van der Waals surface area contributed by atoms with Crippen LogP contribution in [0.2, 0.25) is 0 Å². The first kappa shape index (κ1) is 75.5. The predicted molar refractivity (Wildman–Crippen MR) is 348 cm³/mol. The molecule has 0 fully saturated rings. The molecule has 0 aliphatic carbocycles. The van der Waals surface area contributed by atoms with E-state index >= 15 is 0 Å². The molecule has 0 aliphatic heterocycles. The molecule has 0 rings (SSSR count). The van der Waals surface area contributed by atoms with Crippen molar-refractivity contribution in [3.8, 4) is 0 Å². The Morgan fingerprint density at radius 3 is 0.812 bits per heavy atom. The number of unbranched alkanes of at least 4 members (excludes halogenated alkanes) is 26. The number of rotatable bonds is 59. The van der Waals surface area contributed by atoms with Crippen LogP contribution in [0.15, 0.2) is 134 Å². The first-order valence-electron chi connectivity index (χ1n) is 33.2. The highest BCUT2D eigenvalue weighted by atomic mass is 16.6. The number of hydrogen-bond donors (Lipinski definition) is 0. The Kier molecular flexibility index (Phi) is 63.3. The zero-order valence-corrected chi connectivity index (χ0v) is 52.0. The molecule has 0 N–H and O–H groups in total. The molecule has 80 heavy (non-hydrogen) atoms. The SMILES string of the molecule is CC/C=C\C/C=C\C/C=C\C/C=C\C/C=C\C/C=C\C/C=C\CCCC(=O)OC(COC(=O)CCCCCCC/C=C\CCCCCCC)COC(=O)CCCCCCCCCCCC/C=C\C/C=C\C/C=C\CCCCCCC. The summed E-state index contributed by atoms with van der Waals surface area (Å²) >= 11 is 0. The summed E-state index contributed by atoms with van der Waals surface area (Å²) in [4.78, 5) is 38.3. The Balaban J connectivity index is 4.46. The van der Waals surface area contributed by atoms with Gasteiger partial charge in [0, 0.05) is 19.3 Å². The number of carbonyl (C=O) groups excluding carboxylic acids is 3. The van der Waals surface area contributed by atoms with E-state index in [-0.39, 0.29) is 37.5 Å². The standard InChI is InChI=1S/C74H122O6/c1-4-7-10-13-16-19-22-25-28-30-32-34-36-37-39-40-42-44-46-49-52-55-58-61-64-67-73(76)79-70-71(69-78-72(75)66-63-60-57-54-51-48-27-24-21-18-15-12-9-6-3)80-74(77)68-65-62-59-56-53-50-47-45-43-41-38-35-33-31-29-26-23-20-17-14-11-8-5-2/h8,11,17,20,22,24-27,29-30,32-33,35-37,41,43,47,50,56,59,71H,4-7,9-10,12-16,18-19,21,23,28,31,34,38-40,42,44-46,48-49,51-55,57-58,60-70H2,1-3H3/b11-8-,20-17-,25-22-,27-24-,29-26-,32-30-,35-33-,37-36-,43-41-,50-47-,59-56-. The lowest BCUT2D eigenvalue weighted by molar-refractivity contribution is -0.167. The van der Waals surface area contributed by atoms with E-state index in [0.717, 1.165) is 116 Å². The van der Waals surface area contributed by atoms with Gasteiger partial charge in [0.15, 0.2) is 6.10 Å². The van der Waals surface area contributed by atoms with Crippen molar-refractivity contribution in [2.75, 3.05) is 13.2 Å². The molecule has 0 aromatic carbocycles. The van der Waals surface area contributed by atoms with E-state index in [2.05, 4.69) is 154 Å². The van der Waals surface area contributed by atoms with Gasteiger partial charge in [0.25, 0.3) is 0 Å². The first-order valence-corrected chi connectivity index (χ1v) is 33.2. The number of allylic oxidation sites excluding steroid dienone is 22. The molecule has 0 saturated heterocycles. The molecule has 0 bridgehead atoms. The lowest BCUT2D eigenvalue weighted by Gasteiger charge is -2.18. The van der Waals surface area contributed by atoms with Gasteiger partial charge in [0.1, 0.15) is 13.2 Å². The fourth-order valence-electron chi connectivity index (χ4n) is 8.90. The third-order valence-corrected chi connectivity index (χ3v) is 13.9. The molecular weight excluding hydrogens is 985 g/mol. The molecule has 0 amide bonds. The molecule has 0 radical (unpaired) electrons. The van der Waals surface area contributed by atoms with Gasteiger partial charge in [0.2, 0.25) is 0 Å². The van der Waals surface area contributed by atoms with Crippen molar-refractivity contribution in [2.24, 2.45) is 0 Å². The topological polar surface area (TPSA) is 78.9 Å². The van der Waals surface area contributed by atoms with Crippen LogP contribution < -0.4 is 0 Å². The zero-order chi connectivity index (χ0) is 57.8. The van der Waals surface area contributed by atoms with Crippen LogP contribution in [0.4, 0.5) is 0 Å². The number of carbonyl (C=O) groups is 3. The van der Waals surface area contributed by atoms with Gasteiger partial charge in [-0.3, -0.25) is 14.4 Å². The highest BCUT2D eigenvalue weighted by Crippen LogP contribution is 2.15. The summed E-state index contributed by atoms with van der Waals surface area (Å²) in [5, 5.41) is 0. The minimum absolute atomic E-state index is 0.109. The van der Waals surface area contributed by atoms with Crippen LogP contribution in [-0.4, -0.2) is 37.2 Å². The lowest BCUT2D eigenvalue weighted by atomic mass is 10.1. The number of ether oxygens (including phenoxy) is 3. The van der Waals surface area contributed by atoms with Crippen LogP contribution in [0.1, 0.15) is 297 Å². The summed E-state index contributed by atoms with van der Waals surface area (Å²) < 4.78 is 16.9. The number of esters is 3. The summed E-state index contributed by atoms with van der Waals surface area (Å²) in [5.74, 6) is -0.978. The minimum atomic E-state index is -0.820. The summed E-state index contributed by atoms with van der Waals surface area (Å²) in [6.07, 6.45) is 94.6. The van der Waals surface area contributed by atoms with Gasteiger partial charge in [-0.1, -0.05) is 276 Å². The highest BCUT2D eigenvalue weighted by Gasteiger charge is 2.19. The molecule has 0 heterocycles. The van der Waals surface area contributed by atoms with E-state index in [1.807, 2.05) is 0 Å². The molecule has 0 spiro atoms. The molecule has 454 valence electrons. The van der Waals surface area contributed by atoms with Crippen LogP contribution in [-0.2, 0) is 28.6 Å². The Hall–Kier alpha value is -4.45. The van der Waals surface area contributed by atoms with Crippen LogP contribution in [0.25, 0.3) is 0 Å². The molecule has 1 unspecified atom stereocenters. The molecule has 6 heteroatoms. The Labute approximate surface area is 494 Å². The second-order valence-electron chi connectivity index (χ2n) is 21.6. The summed E-state index contributed by atoms with van der Waals surface area (Å²) in [6.45, 7) is 6.46.